The average molecular weight is 450 g/mol. The van der Waals surface area contributed by atoms with Gasteiger partial charge < -0.3 is 17.7 Å². The summed E-state index contributed by atoms with van der Waals surface area (Å²) in [5.74, 6) is 0.983. The van der Waals surface area contributed by atoms with Crippen LogP contribution in [0.4, 0.5) is 0 Å². The Bertz CT molecular complexity index is 481. The van der Waals surface area contributed by atoms with E-state index in [0.717, 1.165) is 12.5 Å². The number of nitrogens with two attached hydrogens (primary N) is 1. The number of unbranched alkanes of at least 4 members (excludes halogenated alkanes) is 11. The quantitative estimate of drug-likeness (QED) is 0.196. The zero-order valence-corrected chi connectivity index (χ0v) is 21.6. The molecule has 0 saturated carbocycles. The number of hydrogen-bond acceptors (Lipinski definition) is 0. The first kappa shape index (κ1) is 30.2. The SMILES string of the molecule is CCC(CC)CCCCCCC/C=C\CCCCCCCC[NH2+]Cc1ccccc1.[Cl-]. The Morgan fingerprint density at radius 3 is 1.77 bits per heavy atom. The highest BCUT2D eigenvalue weighted by molar-refractivity contribution is 5.12. The van der Waals surface area contributed by atoms with Crippen LogP contribution in [0, 0.1) is 5.92 Å². The maximum atomic E-state index is 2.45. The standard InChI is InChI=1S/C29H51N.ClH/c1-3-28(4-2)23-19-16-14-12-10-8-6-5-7-9-11-13-15-17-22-26-30-27-29-24-20-18-21-25-29;/h5-6,18,20-21,24-25,28,30H,3-4,7-17,19,22-23,26-27H2,1-2H3;1H/b6-5-;. The van der Waals surface area contributed by atoms with Gasteiger partial charge in [-0.3, -0.25) is 0 Å². The normalized spacial score (nSPS) is 11.3. The number of halogens is 1. The summed E-state index contributed by atoms with van der Waals surface area (Å²) in [7, 11) is 0. The van der Waals surface area contributed by atoms with Crippen molar-refractivity contribution in [3.63, 3.8) is 0 Å². The number of allylic oxidation sites excluding steroid dienone is 2. The molecule has 0 spiro atoms. The van der Waals surface area contributed by atoms with Crippen molar-refractivity contribution in [2.75, 3.05) is 6.54 Å². The van der Waals surface area contributed by atoms with Gasteiger partial charge in [0.05, 0.1) is 6.54 Å². The minimum absolute atomic E-state index is 0. The lowest BCUT2D eigenvalue weighted by Crippen LogP contribution is -3.00. The van der Waals surface area contributed by atoms with Crippen LogP contribution in [-0.2, 0) is 6.54 Å². The second kappa shape index (κ2) is 23.9. The molecule has 0 heterocycles. The van der Waals surface area contributed by atoms with Gasteiger partial charge in [-0.05, 0) is 44.4 Å². The summed E-state index contributed by atoms with van der Waals surface area (Å²) in [5.41, 5.74) is 1.44. The molecule has 1 rings (SSSR count). The first-order valence-electron chi connectivity index (χ1n) is 13.4. The molecule has 0 unspecified atom stereocenters. The smallest absolute Gasteiger partial charge is 0.101 e. The maximum Gasteiger partial charge on any atom is 0.101 e. The van der Waals surface area contributed by atoms with Crippen molar-refractivity contribution in [3.8, 4) is 0 Å². The Morgan fingerprint density at radius 2 is 1.19 bits per heavy atom. The monoisotopic (exact) mass is 449 g/mol. The molecule has 2 N–H and O–H groups in total. The molecule has 2 heteroatoms. The van der Waals surface area contributed by atoms with Gasteiger partial charge in [-0.1, -0.05) is 121 Å². The molecule has 0 amide bonds. The number of rotatable bonds is 21. The maximum absolute atomic E-state index is 2.45. The summed E-state index contributed by atoms with van der Waals surface area (Å²) in [6, 6.07) is 10.8. The van der Waals surface area contributed by atoms with Crippen molar-refractivity contribution in [2.45, 2.75) is 123 Å². The van der Waals surface area contributed by atoms with E-state index in [2.05, 4.69) is 61.6 Å². The van der Waals surface area contributed by atoms with Gasteiger partial charge >= 0.3 is 0 Å². The molecule has 0 fully saturated rings. The molecule has 0 aliphatic carbocycles. The molecule has 1 nitrogen and oxygen atoms in total. The van der Waals surface area contributed by atoms with Crippen molar-refractivity contribution in [1.29, 1.82) is 0 Å². The first-order valence-corrected chi connectivity index (χ1v) is 13.4. The minimum Gasteiger partial charge on any atom is -1.00 e. The van der Waals surface area contributed by atoms with Gasteiger partial charge in [0, 0.05) is 5.56 Å². The summed E-state index contributed by atoms with van der Waals surface area (Å²) in [6.45, 7) is 7.09. The fourth-order valence-electron chi connectivity index (χ4n) is 4.30. The highest BCUT2D eigenvalue weighted by Crippen LogP contribution is 2.17. The molecule has 180 valence electrons. The zero-order valence-electron chi connectivity index (χ0n) is 20.8. The fourth-order valence-corrected chi connectivity index (χ4v) is 4.30. The third kappa shape index (κ3) is 19.6. The number of benzene rings is 1. The molecule has 0 aliphatic rings. The van der Waals surface area contributed by atoms with Gasteiger partial charge in [-0.2, -0.15) is 0 Å². The van der Waals surface area contributed by atoms with E-state index in [1.54, 1.807) is 0 Å². The second-order valence-electron chi connectivity index (χ2n) is 9.18. The third-order valence-corrected chi connectivity index (χ3v) is 6.56. The van der Waals surface area contributed by atoms with E-state index in [1.165, 1.54) is 115 Å². The van der Waals surface area contributed by atoms with Crippen LogP contribution >= 0.6 is 0 Å². The van der Waals surface area contributed by atoms with Gasteiger partial charge in [0.1, 0.15) is 6.54 Å². The first-order chi connectivity index (χ1) is 14.9. The van der Waals surface area contributed by atoms with E-state index in [1.807, 2.05) is 0 Å². The van der Waals surface area contributed by atoms with Crippen LogP contribution < -0.4 is 17.7 Å². The number of quaternary nitrogens is 1. The summed E-state index contributed by atoms with van der Waals surface area (Å²) < 4.78 is 0. The summed E-state index contributed by atoms with van der Waals surface area (Å²) in [6.07, 6.45) is 27.2. The molecule has 0 radical (unpaired) electrons. The molecule has 0 atom stereocenters. The van der Waals surface area contributed by atoms with Gasteiger partial charge in [0.2, 0.25) is 0 Å². The van der Waals surface area contributed by atoms with Crippen LogP contribution in [0.3, 0.4) is 0 Å². The Morgan fingerprint density at radius 1 is 0.677 bits per heavy atom. The predicted molar refractivity (Wildman–Crippen MR) is 135 cm³/mol. The largest absolute Gasteiger partial charge is 1.00 e. The van der Waals surface area contributed by atoms with E-state index in [0.29, 0.717) is 0 Å². The van der Waals surface area contributed by atoms with E-state index >= 15 is 0 Å². The Labute approximate surface area is 201 Å². The molecule has 0 aliphatic heterocycles. The Balaban J connectivity index is 0.00000900. The lowest BCUT2D eigenvalue weighted by atomic mass is 9.96. The molecule has 0 bridgehead atoms. The Kier molecular flexibility index (Phi) is 23.3. The van der Waals surface area contributed by atoms with Gasteiger partial charge in [0.25, 0.3) is 0 Å². The highest BCUT2D eigenvalue weighted by Gasteiger charge is 2.02. The molecular formula is C29H52ClN. The molecule has 0 saturated heterocycles. The summed E-state index contributed by atoms with van der Waals surface area (Å²) in [5, 5.41) is 2.45. The van der Waals surface area contributed by atoms with Crippen molar-refractivity contribution in [3.05, 3.63) is 48.0 Å². The zero-order chi connectivity index (χ0) is 21.5. The van der Waals surface area contributed by atoms with Crippen LogP contribution in [0.15, 0.2) is 42.5 Å². The highest BCUT2D eigenvalue weighted by atomic mass is 35.5. The molecule has 1 aromatic carbocycles. The van der Waals surface area contributed by atoms with Crippen LogP contribution in [0.2, 0.25) is 0 Å². The van der Waals surface area contributed by atoms with Crippen molar-refractivity contribution in [2.24, 2.45) is 5.92 Å². The lowest BCUT2D eigenvalue weighted by molar-refractivity contribution is -0.671. The Hall–Kier alpha value is -0.790. The van der Waals surface area contributed by atoms with Crippen LogP contribution in [0.5, 0.6) is 0 Å². The lowest BCUT2D eigenvalue weighted by Gasteiger charge is -2.11. The molecule has 31 heavy (non-hydrogen) atoms. The molecule has 0 aromatic heterocycles. The summed E-state index contributed by atoms with van der Waals surface area (Å²) in [4.78, 5) is 0. The average Bonchev–Trinajstić information content (AvgIpc) is 2.78. The van der Waals surface area contributed by atoms with E-state index in [-0.39, 0.29) is 12.4 Å². The van der Waals surface area contributed by atoms with Crippen molar-refractivity contribution < 1.29 is 17.7 Å². The van der Waals surface area contributed by atoms with Gasteiger partial charge in [-0.25, -0.2) is 0 Å². The summed E-state index contributed by atoms with van der Waals surface area (Å²) >= 11 is 0. The van der Waals surface area contributed by atoms with Crippen molar-refractivity contribution >= 4 is 0 Å². The van der Waals surface area contributed by atoms with Crippen LogP contribution in [0.25, 0.3) is 0 Å². The van der Waals surface area contributed by atoms with Gasteiger partial charge in [0.15, 0.2) is 0 Å². The van der Waals surface area contributed by atoms with E-state index in [9.17, 15) is 0 Å². The van der Waals surface area contributed by atoms with Crippen LogP contribution in [0.1, 0.15) is 122 Å². The topological polar surface area (TPSA) is 16.6 Å². The minimum atomic E-state index is 0. The molecule has 1 aromatic rings. The van der Waals surface area contributed by atoms with Gasteiger partial charge in [-0.15, -0.1) is 0 Å². The van der Waals surface area contributed by atoms with Crippen molar-refractivity contribution in [1.82, 2.24) is 0 Å². The molecular weight excluding hydrogens is 398 g/mol. The van der Waals surface area contributed by atoms with E-state index in [4.69, 9.17) is 0 Å². The van der Waals surface area contributed by atoms with Crippen LogP contribution in [-0.4, -0.2) is 6.54 Å². The van der Waals surface area contributed by atoms with E-state index < -0.39 is 0 Å². The third-order valence-electron chi connectivity index (χ3n) is 6.56. The fraction of sp³-hybridized carbons (Fsp3) is 0.724. The predicted octanol–water partition coefficient (Wildman–Crippen LogP) is 5.21. The second-order valence-corrected chi connectivity index (χ2v) is 9.18. The number of hydrogen-bond donors (Lipinski definition) is 1.